The summed E-state index contributed by atoms with van der Waals surface area (Å²) >= 11 is 1.51. The molecule has 0 saturated carbocycles. The monoisotopic (exact) mass is 250 g/mol. The molecule has 90 valence electrons. The van der Waals surface area contributed by atoms with Gasteiger partial charge in [-0.15, -0.1) is 0 Å². The van der Waals surface area contributed by atoms with Gasteiger partial charge in [0, 0.05) is 18.5 Å². The Balaban J connectivity index is 2.38. The average Bonchev–Trinajstić information content (AvgIpc) is 2.37. The highest BCUT2D eigenvalue weighted by molar-refractivity contribution is 7.99. The number of anilines is 1. The molecule has 0 fully saturated rings. The molecule has 1 amide bonds. The molecule has 0 saturated heterocycles. The average molecular weight is 250 g/mol. The van der Waals surface area contributed by atoms with E-state index in [2.05, 4.69) is 5.16 Å². The number of oxime groups is 1. The minimum Gasteiger partial charge on any atom is -0.411 e. The highest BCUT2D eigenvalue weighted by Crippen LogP contribution is 2.27. The van der Waals surface area contributed by atoms with Crippen LogP contribution in [0.2, 0.25) is 0 Å². The Kier molecular flexibility index (Phi) is 3.68. The first-order chi connectivity index (χ1) is 8.27. The fourth-order valence-electron chi connectivity index (χ4n) is 1.99. The summed E-state index contributed by atoms with van der Waals surface area (Å²) in [7, 11) is 0. The first kappa shape index (κ1) is 12.0. The lowest BCUT2D eigenvalue weighted by Crippen LogP contribution is -2.38. The van der Waals surface area contributed by atoms with E-state index in [1.54, 1.807) is 4.90 Å². The molecular weight excluding hydrogens is 236 g/mol. The molecule has 1 aliphatic heterocycles. The van der Waals surface area contributed by atoms with Gasteiger partial charge >= 0.3 is 0 Å². The fraction of sp³-hybridized carbons (Fsp3) is 0.333. The third-order valence-electron chi connectivity index (χ3n) is 2.77. The van der Waals surface area contributed by atoms with Crippen molar-refractivity contribution in [2.45, 2.75) is 6.42 Å². The molecule has 1 aliphatic rings. The Labute approximate surface area is 104 Å². The molecule has 0 radical (unpaired) electrons. The van der Waals surface area contributed by atoms with Crippen LogP contribution in [-0.2, 0) is 4.79 Å². The molecule has 0 unspecified atom stereocenters. The summed E-state index contributed by atoms with van der Waals surface area (Å²) in [5.41, 5.74) is 2.33. The lowest BCUT2D eigenvalue weighted by Gasteiger charge is -2.29. The Morgan fingerprint density at radius 1 is 1.53 bits per heavy atom. The van der Waals surface area contributed by atoms with E-state index in [1.807, 2.05) is 30.5 Å². The van der Waals surface area contributed by atoms with Crippen molar-refractivity contribution in [3.63, 3.8) is 0 Å². The molecule has 1 aromatic rings. The van der Waals surface area contributed by atoms with E-state index >= 15 is 0 Å². The molecular formula is C12H14N2O2S. The number of rotatable bonds is 2. The summed E-state index contributed by atoms with van der Waals surface area (Å²) in [4.78, 5) is 13.7. The van der Waals surface area contributed by atoms with E-state index in [1.165, 1.54) is 11.8 Å². The Morgan fingerprint density at radius 3 is 3.00 bits per heavy atom. The first-order valence-electron chi connectivity index (χ1n) is 5.37. The van der Waals surface area contributed by atoms with Crippen LogP contribution in [0.3, 0.4) is 0 Å². The van der Waals surface area contributed by atoms with E-state index in [0.717, 1.165) is 11.3 Å². The van der Waals surface area contributed by atoms with Crippen LogP contribution in [0.1, 0.15) is 12.0 Å². The maximum atomic E-state index is 12.0. The van der Waals surface area contributed by atoms with Crippen LogP contribution in [0, 0.1) is 0 Å². The van der Waals surface area contributed by atoms with Gasteiger partial charge in [0.1, 0.15) is 0 Å². The second-order valence-corrected chi connectivity index (χ2v) is 4.66. The van der Waals surface area contributed by atoms with Crippen molar-refractivity contribution < 1.29 is 10.0 Å². The predicted octanol–water partition coefficient (Wildman–Crippen LogP) is 1.96. The van der Waals surface area contributed by atoms with Gasteiger partial charge in [0.05, 0.1) is 17.2 Å². The molecule has 0 spiro atoms. The number of amides is 1. The zero-order chi connectivity index (χ0) is 12.3. The summed E-state index contributed by atoms with van der Waals surface area (Å²) in [6.45, 7) is 0.579. The Hall–Kier alpha value is -1.49. The van der Waals surface area contributed by atoms with E-state index in [4.69, 9.17) is 5.21 Å². The normalized spacial score (nSPS) is 17.0. The third kappa shape index (κ3) is 2.29. The molecule has 4 nitrogen and oxygen atoms in total. The highest BCUT2D eigenvalue weighted by atomic mass is 32.2. The maximum Gasteiger partial charge on any atom is 0.236 e. The summed E-state index contributed by atoms with van der Waals surface area (Å²) in [5, 5.41) is 12.2. The summed E-state index contributed by atoms with van der Waals surface area (Å²) in [5.74, 6) is 0.571. The first-order valence-corrected chi connectivity index (χ1v) is 6.77. The second-order valence-electron chi connectivity index (χ2n) is 3.79. The molecule has 17 heavy (non-hydrogen) atoms. The summed E-state index contributed by atoms with van der Waals surface area (Å²) in [6, 6.07) is 7.53. The molecule has 2 rings (SSSR count). The van der Waals surface area contributed by atoms with Gasteiger partial charge in [-0.25, -0.2) is 0 Å². The van der Waals surface area contributed by atoms with Crippen LogP contribution < -0.4 is 4.90 Å². The van der Waals surface area contributed by atoms with Crippen molar-refractivity contribution in [2.24, 2.45) is 5.16 Å². The molecule has 0 bridgehead atoms. The number of thioether (sulfide) groups is 1. The number of fused-ring (bicyclic) bond motifs is 1. The van der Waals surface area contributed by atoms with E-state index in [9.17, 15) is 4.79 Å². The van der Waals surface area contributed by atoms with Crippen molar-refractivity contribution in [1.29, 1.82) is 0 Å². The molecule has 5 heteroatoms. The van der Waals surface area contributed by atoms with Gasteiger partial charge in [0.2, 0.25) is 5.91 Å². The zero-order valence-electron chi connectivity index (χ0n) is 9.59. The van der Waals surface area contributed by atoms with Crippen molar-refractivity contribution in [2.75, 3.05) is 23.5 Å². The largest absolute Gasteiger partial charge is 0.411 e. The smallest absolute Gasteiger partial charge is 0.236 e. The number of carbonyl (C=O) groups excluding carboxylic acids is 1. The van der Waals surface area contributed by atoms with Crippen LogP contribution in [0.5, 0.6) is 0 Å². The zero-order valence-corrected chi connectivity index (χ0v) is 10.4. The van der Waals surface area contributed by atoms with Gasteiger partial charge in [-0.2, -0.15) is 11.8 Å². The van der Waals surface area contributed by atoms with Gasteiger partial charge in [-0.1, -0.05) is 23.4 Å². The Bertz CT molecular complexity index is 460. The number of para-hydroxylation sites is 1. The standard InChI is InChI=1S/C12H14N2O2S/c1-17-8-12(15)14-7-6-10(13-16)9-4-2-3-5-11(9)14/h2-5,16H,6-8H2,1H3. The topological polar surface area (TPSA) is 52.9 Å². The number of nitrogens with zero attached hydrogens (tertiary/aromatic N) is 2. The molecule has 0 atom stereocenters. The van der Waals surface area contributed by atoms with Gasteiger partial charge < -0.3 is 10.1 Å². The van der Waals surface area contributed by atoms with Crippen LogP contribution in [0.25, 0.3) is 0 Å². The van der Waals surface area contributed by atoms with Crippen molar-refractivity contribution in [3.05, 3.63) is 29.8 Å². The predicted molar refractivity (Wildman–Crippen MR) is 70.1 cm³/mol. The minimum atomic E-state index is 0.0990. The SMILES string of the molecule is CSCC(=O)N1CCC(=NO)c2ccccc21. The van der Waals surface area contributed by atoms with Crippen molar-refractivity contribution >= 4 is 29.1 Å². The lowest BCUT2D eigenvalue weighted by molar-refractivity contribution is -0.116. The number of carbonyl (C=O) groups is 1. The van der Waals surface area contributed by atoms with E-state index in [-0.39, 0.29) is 5.91 Å². The third-order valence-corrected chi connectivity index (χ3v) is 3.30. The minimum absolute atomic E-state index is 0.0990. The quantitative estimate of drug-likeness (QED) is 0.645. The number of benzene rings is 1. The molecule has 1 N–H and O–H groups in total. The van der Waals surface area contributed by atoms with Crippen molar-refractivity contribution in [3.8, 4) is 0 Å². The summed E-state index contributed by atoms with van der Waals surface area (Å²) < 4.78 is 0. The molecule has 0 aromatic heterocycles. The van der Waals surface area contributed by atoms with Gasteiger partial charge in [-0.05, 0) is 12.3 Å². The van der Waals surface area contributed by atoms with E-state index in [0.29, 0.717) is 24.4 Å². The highest BCUT2D eigenvalue weighted by Gasteiger charge is 2.25. The van der Waals surface area contributed by atoms with E-state index < -0.39 is 0 Å². The molecule has 0 aliphatic carbocycles. The van der Waals surface area contributed by atoms with Gasteiger partial charge in [0.25, 0.3) is 0 Å². The second kappa shape index (κ2) is 5.23. The number of hydrogen-bond acceptors (Lipinski definition) is 4. The van der Waals surface area contributed by atoms with Crippen LogP contribution in [0.15, 0.2) is 29.4 Å². The number of hydrogen-bond donors (Lipinski definition) is 1. The lowest BCUT2D eigenvalue weighted by atomic mass is 10.00. The summed E-state index contributed by atoms with van der Waals surface area (Å²) in [6.07, 6.45) is 2.50. The van der Waals surface area contributed by atoms with Crippen LogP contribution >= 0.6 is 11.8 Å². The van der Waals surface area contributed by atoms with Crippen molar-refractivity contribution in [1.82, 2.24) is 0 Å². The van der Waals surface area contributed by atoms with Crippen LogP contribution in [0.4, 0.5) is 5.69 Å². The van der Waals surface area contributed by atoms with Gasteiger partial charge in [-0.3, -0.25) is 4.79 Å². The Morgan fingerprint density at radius 2 is 2.29 bits per heavy atom. The maximum absolute atomic E-state index is 12.0. The van der Waals surface area contributed by atoms with Crippen LogP contribution in [-0.4, -0.2) is 35.4 Å². The fourth-order valence-corrected chi connectivity index (χ4v) is 2.39. The molecule has 1 aromatic carbocycles. The van der Waals surface area contributed by atoms with Gasteiger partial charge in [0.15, 0.2) is 0 Å². The molecule has 1 heterocycles.